The quantitative estimate of drug-likeness (QED) is 0.720. The third-order valence-corrected chi connectivity index (χ3v) is 8.31. The third kappa shape index (κ3) is 5.09. The van der Waals surface area contributed by atoms with E-state index in [1.807, 2.05) is 29.3 Å². The van der Waals surface area contributed by atoms with Crippen molar-refractivity contribution in [3.8, 4) is 0 Å². The second-order valence-corrected chi connectivity index (χ2v) is 10.8. The first-order valence-electron chi connectivity index (χ1n) is 10.9. The van der Waals surface area contributed by atoms with Crippen LogP contribution in [0.3, 0.4) is 0 Å². The zero-order valence-electron chi connectivity index (χ0n) is 17.1. The van der Waals surface area contributed by atoms with E-state index >= 15 is 0 Å². The summed E-state index contributed by atoms with van der Waals surface area (Å²) in [5.74, 6) is 1.46. The molecule has 160 valence electrons. The van der Waals surface area contributed by atoms with Crippen molar-refractivity contribution in [3.63, 3.8) is 0 Å². The van der Waals surface area contributed by atoms with Crippen LogP contribution in [0.1, 0.15) is 38.5 Å². The molecule has 7 nitrogen and oxygen atoms in total. The maximum atomic E-state index is 13.3. The summed E-state index contributed by atoms with van der Waals surface area (Å²) in [4.78, 5) is 24.2. The zero-order valence-corrected chi connectivity index (χ0v) is 17.9. The largest absolute Gasteiger partial charge is 0.354 e. The highest BCUT2D eigenvalue weighted by molar-refractivity contribution is 7.91. The van der Waals surface area contributed by atoms with Crippen LogP contribution in [0.2, 0.25) is 0 Å². The zero-order chi connectivity index (χ0) is 20.3. The highest BCUT2D eigenvalue weighted by Gasteiger charge is 2.39. The van der Waals surface area contributed by atoms with Crippen LogP contribution >= 0.6 is 0 Å². The Morgan fingerprint density at radius 2 is 1.79 bits per heavy atom. The van der Waals surface area contributed by atoms with Gasteiger partial charge in [-0.2, -0.15) is 0 Å². The van der Waals surface area contributed by atoms with Crippen molar-refractivity contribution in [3.05, 3.63) is 24.4 Å². The van der Waals surface area contributed by atoms with E-state index in [4.69, 9.17) is 0 Å². The predicted molar refractivity (Wildman–Crippen MR) is 114 cm³/mol. The summed E-state index contributed by atoms with van der Waals surface area (Å²) in [6, 6.07) is 6.01. The maximum Gasteiger partial charge on any atom is 0.237 e. The molecule has 3 aliphatic rings. The molecule has 29 heavy (non-hydrogen) atoms. The van der Waals surface area contributed by atoms with Gasteiger partial charge in [0.15, 0.2) is 9.84 Å². The summed E-state index contributed by atoms with van der Waals surface area (Å²) >= 11 is 0. The average Bonchev–Trinajstić information content (AvgIpc) is 3.09. The molecule has 0 radical (unpaired) electrons. The van der Waals surface area contributed by atoms with E-state index in [2.05, 4.69) is 14.8 Å². The number of carbonyl (C=O) groups excluding carboxylic acids is 1. The third-order valence-electron chi connectivity index (χ3n) is 6.56. The molecule has 1 atom stereocenters. The van der Waals surface area contributed by atoms with Gasteiger partial charge in [-0.15, -0.1) is 0 Å². The second kappa shape index (κ2) is 9.00. The lowest BCUT2D eigenvalue weighted by atomic mass is 9.92. The number of nitrogens with zero attached hydrogens (tertiary/aromatic N) is 4. The number of aromatic nitrogens is 1. The molecule has 8 heteroatoms. The lowest BCUT2D eigenvalue weighted by molar-refractivity contribution is -0.137. The maximum absolute atomic E-state index is 13.3. The lowest BCUT2D eigenvalue weighted by Gasteiger charge is -2.41. The number of hydrogen-bond donors (Lipinski definition) is 0. The first kappa shape index (κ1) is 20.6. The number of carbonyl (C=O) groups is 1. The highest BCUT2D eigenvalue weighted by atomic mass is 32.2. The van der Waals surface area contributed by atoms with E-state index in [9.17, 15) is 13.2 Å². The molecular formula is C21H32N4O3S. The Labute approximate surface area is 174 Å². The van der Waals surface area contributed by atoms with Gasteiger partial charge < -0.3 is 9.80 Å². The number of rotatable bonds is 5. The second-order valence-electron chi connectivity index (χ2n) is 8.60. The summed E-state index contributed by atoms with van der Waals surface area (Å²) in [5.41, 5.74) is 0. The van der Waals surface area contributed by atoms with Crippen LogP contribution in [0.15, 0.2) is 24.4 Å². The van der Waals surface area contributed by atoms with Crippen molar-refractivity contribution >= 4 is 21.6 Å². The first-order valence-corrected chi connectivity index (χ1v) is 12.7. The first-order chi connectivity index (χ1) is 14.0. The Kier molecular flexibility index (Phi) is 6.39. The SMILES string of the molecule is O=C(CN1CCN(c2ccccn2)CC1)N(C1CCCCC1)C1CCS(=O)(=O)C1. The highest BCUT2D eigenvalue weighted by Crippen LogP contribution is 2.28. The normalized spacial score (nSPS) is 25.8. The van der Waals surface area contributed by atoms with Gasteiger partial charge in [0.1, 0.15) is 5.82 Å². The summed E-state index contributed by atoms with van der Waals surface area (Å²) < 4.78 is 24.1. The van der Waals surface area contributed by atoms with Crippen molar-refractivity contribution in [2.45, 2.75) is 50.6 Å². The number of sulfone groups is 1. The fourth-order valence-corrected chi connectivity index (χ4v) is 6.72. The van der Waals surface area contributed by atoms with E-state index in [0.717, 1.165) is 57.7 Å². The van der Waals surface area contributed by atoms with Crippen molar-refractivity contribution in [2.24, 2.45) is 0 Å². The van der Waals surface area contributed by atoms with E-state index in [1.165, 1.54) is 6.42 Å². The van der Waals surface area contributed by atoms with Crippen LogP contribution in [0.5, 0.6) is 0 Å². The molecule has 0 spiro atoms. The van der Waals surface area contributed by atoms with Crippen LogP contribution in [-0.2, 0) is 14.6 Å². The molecule has 2 saturated heterocycles. The van der Waals surface area contributed by atoms with E-state index in [-0.39, 0.29) is 29.5 Å². The van der Waals surface area contributed by atoms with Gasteiger partial charge in [-0.25, -0.2) is 13.4 Å². The molecule has 0 N–H and O–H groups in total. The fraction of sp³-hybridized carbons (Fsp3) is 0.714. The van der Waals surface area contributed by atoms with Gasteiger partial charge in [0, 0.05) is 44.5 Å². The summed E-state index contributed by atoms with van der Waals surface area (Å²) in [6.45, 7) is 3.74. The molecular weight excluding hydrogens is 388 g/mol. The van der Waals surface area contributed by atoms with Gasteiger partial charge in [0.25, 0.3) is 0 Å². The van der Waals surface area contributed by atoms with Crippen molar-refractivity contribution in [1.82, 2.24) is 14.8 Å². The lowest BCUT2D eigenvalue weighted by Crippen LogP contribution is -2.54. The minimum Gasteiger partial charge on any atom is -0.354 e. The van der Waals surface area contributed by atoms with Crippen molar-refractivity contribution in [2.75, 3.05) is 49.1 Å². The van der Waals surface area contributed by atoms with Gasteiger partial charge in [-0.1, -0.05) is 25.3 Å². The molecule has 0 aromatic carbocycles. The molecule has 0 bridgehead atoms. The van der Waals surface area contributed by atoms with Crippen molar-refractivity contribution < 1.29 is 13.2 Å². The number of amides is 1. The fourth-order valence-electron chi connectivity index (χ4n) is 5.01. The predicted octanol–water partition coefficient (Wildman–Crippen LogP) is 1.55. The molecule has 2 aliphatic heterocycles. The number of piperazine rings is 1. The van der Waals surface area contributed by atoms with Crippen LogP contribution < -0.4 is 4.90 Å². The summed E-state index contributed by atoms with van der Waals surface area (Å²) in [5, 5.41) is 0. The minimum absolute atomic E-state index is 0.116. The van der Waals surface area contributed by atoms with Crippen LogP contribution in [0.25, 0.3) is 0 Å². The molecule has 4 rings (SSSR count). The Morgan fingerprint density at radius 1 is 1.03 bits per heavy atom. The molecule has 3 fully saturated rings. The molecule has 1 aromatic heterocycles. The monoisotopic (exact) mass is 420 g/mol. The van der Waals surface area contributed by atoms with Gasteiger partial charge in [0.05, 0.1) is 18.1 Å². The Balaban J connectivity index is 1.38. The molecule has 1 aromatic rings. The van der Waals surface area contributed by atoms with Crippen molar-refractivity contribution in [1.29, 1.82) is 0 Å². The summed E-state index contributed by atoms with van der Waals surface area (Å²) in [6.07, 6.45) is 7.91. The molecule has 1 saturated carbocycles. The Morgan fingerprint density at radius 3 is 2.41 bits per heavy atom. The smallest absolute Gasteiger partial charge is 0.237 e. The van der Waals surface area contributed by atoms with Gasteiger partial charge in [-0.3, -0.25) is 9.69 Å². The minimum atomic E-state index is -3.00. The molecule has 1 unspecified atom stereocenters. The average molecular weight is 421 g/mol. The van der Waals surface area contributed by atoms with E-state index in [1.54, 1.807) is 0 Å². The van der Waals surface area contributed by atoms with Crippen LogP contribution in [0.4, 0.5) is 5.82 Å². The Hall–Kier alpha value is -1.67. The number of anilines is 1. The van der Waals surface area contributed by atoms with E-state index in [0.29, 0.717) is 13.0 Å². The molecule has 3 heterocycles. The topological polar surface area (TPSA) is 73.8 Å². The van der Waals surface area contributed by atoms with Gasteiger partial charge >= 0.3 is 0 Å². The number of pyridine rings is 1. The Bertz CT molecular complexity index is 787. The number of hydrogen-bond acceptors (Lipinski definition) is 6. The summed E-state index contributed by atoms with van der Waals surface area (Å²) in [7, 11) is -3.00. The molecule has 1 aliphatic carbocycles. The van der Waals surface area contributed by atoms with Crippen LogP contribution in [-0.4, -0.2) is 85.4 Å². The van der Waals surface area contributed by atoms with Crippen LogP contribution in [0, 0.1) is 0 Å². The standard InChI is InChI=1S/C21H32N4O3S/c26-21(16-23-11-13-24(14-12-23)20-8-4-5-10-22-20)25(18-6-2-1-3-7-18)19-9-15-29(27,28)17-19/h4-5,8,10,18-19H,1-3,6-7,9,11-17H2. The molecule has 1 amide bonds. The van der Waals surface area contributed by atoms with E-state index < -0.39 is 9.84 Å². The van der Waals surface area contributed by atoms with Gasteiger partial charge in [0.2, 0.25) is 5.91 Å². The van der Waals surface area contributed by atoms with Gasteiger partial charge in [-0.05, 0) is 31.4 Å².